The van der Waals surface area contributed by atoms with Gasteiger partial charge in [0.1, 0.15) is 29.8 Å². The summed E-state index contributed by atoms with van der Waals surface area (Å²) in [6.07, 6.45) is -2.71. The van der Waals surface area contributed by atoms with Crippen molar-refractivity contribution in [1.29, 1.82) is 0 Å². The van der Waals surface area contributed by atoms with E-state index in [2.05, 4.69) is 27.3 Å². The molecule has 1 aromatic carbocycles. The van der Waals surface area contributed by atoms with Gasteiger partial charge in [0.05, 0.1) is 29.8 Å². The Morgan fingerprint density at radius 2 is 2.00 bits per heavy atom. The lowest BCUT2D eigenvalue weighted by atomic mass is 10.1. The Morgan fingerprint density at radius 3 is 2.68 bits per heavy atom. The lowest BCUT2D eigenvalue weighted by Crippen LogP contribution is -2.35. The zero-order chi connectivity index (χ0) is 24.6. The van der Waals surface area contributed by atoms with Gasteiger partial charge in [0.2, 0.25) is 5.78 Å². The molecule has 0 aliphatic heterocycles. The smallest absolute Gasteiger partial charge is 0.390 e. The van der Waals surface area contributed by atoms with Crippen LogP contribution >= 0.6 is 0 Å². The highest BCUT2D eigenvalue weighted by Gasteiger charge is 2.39. The van der Waals surface area contributed by atoms with Gasteiger partial charge in [0.15, 0.2) is 0 Å². The summed E-state index contributed by atoms with van der Waals surface area (Å²) in [4.78, 5) is 20.9. The molecule has 4 rings (SSSR count). The number of carbonyl (C=O) groups is 1. The fraction of sp³-hybridized carbons (Fsp3) is 0.318. The molecule has 0 spiro atoms. The van der Waals surface area contributed by atoms with Gasteiger partial charge in [-0.3, -0.25) is 9.48 Å². The predicted octanol–water partition coefficient (Wildman–Crippen LogP) is 2.47. The van der Waals surface area contributed by atoms with Crippen molar-refractivity contribution in [3.05, 3.63) is 78.1 Å². The average Bonchev–Trinajstić information content (AvgIpc) is 3.35. The first-order chi connectivity index (χ1) is 16.0. The number of halogens is 4. The largest absolute Gasteiger partial charge is 0.419 e. The number of benzene rings is 1. The van der Waals surface area contributed by atoms with Gasteiger partial charge in [0.25, 0.3) is 0 Å². The van der Waals surface area contributed by atoms with Crippen LogP contribution in [0.2, 0.25) is 0 Å². The molecule has 0 bridgehead atoms. The van der Waals surface area contributed by atoms with Crippen LogP contribution in [-0.4, -0.2) is 54.0 Å². The van der Waals surface area contributed by atoms with Gasteiger partial charge in [-0.1, -0.05) is 6.07 Å². The monoisotopic (exact) mass is 478 g/mol. The van der Waals surface area contributed by atoms with Crippen molar-refractivity contribution in [3.8, 4) is 0 Å². The molecule has 1 radical (unpaired) electrons. The highest BCUT2D eigenvalue weighted by Crippen LogP contribution is 2.32. The number of hydrogen-bond donors (Lipinski definition) is 3. The SMILES string of the molecule is [CH2][C@@H]1C[C@@H](Nc2ncncc2C(=O)c2ccn(Cc3ccc(F)c(C(F)(F)F)c3)n2)[C@H](O)[C@@H]1O. The Morgan fingerprint density at radius 1 is 1.24 bits per heavy atom. The summed E-state index contributed by atoms with van der Waals surface area (Å²) in [7, 11) is 0. The Hall–Kier alpha value is -3.38. The van der Waals surface area contributed by atoms with Crippen LogP contribution in [-0.2, 0) is 12.7 Å². The molecule has 2 aromatic heterocycles. The van der Waals surface area contributed by atoms with E-state index in [1.165, 1.54) is 35.5 Å². The number of aliphatic hydroxyl groups excluding tert-OH is 2. The Kier molecular flexibility index (Phi) is 6.36. The van der Waals surface area contributed by atoms with E-state index in [9.17, 15) is 32.6 Å². The highest BCUT2D eigenvalue weighted by molar-refractivity contribution is 6.10. The quantitative estimate of drug-likeness (QED) is 0.369. The molecular weight excluding hydrogens is 458 g/mol. The topological polar surface area (TPSA) is 113 Å². The van der Waals surface area contributed by atoms with E-state index in [4.69, 9.17) is 0 Å². The second kappa shape index (κ2) is 9.11. The standard InChI is InChI=1S/C22H20F4N5O3/c1-11-6-17(20(34)18(11)32)29-21-13(8-27-10-28-21)19(33)16-4-5-31(30-16)9-12-2-3-15(23)14(7-12)22(24,25)26/h2-5,7-8,10-11,17-18,20,32,34H,1,6,9H2,(H,27,28,29)/t11-,17-,18-,20+/m1/s1. The van der Waals surface area contributed by atoms with Gasteiger partial charge in [0, 0.05) is 12.4 Å². The van der Waals surface area contributed by atoms with Crippen molar-refractivity contribution in [3.63, 3.8) is 0 Å². The van der Waals surface area contributed by atoms with E-state index in [0.29, 0.717) is 12.5 Å². The van der Waals surface area contributed by atoms with E-state index in [1.54, 1.807) is 0 Å². The minimum Gasteiger partial charge on any atom is -0.390 e. The molecular formula is C22H20F4N5O3. The van der Waals surface area contributed by atoms with E-state index in [1.807, 2.05) is 0 Å². The number of anilines is 1. The summed E-state index contributed by atoms with van der Waals surface area (Å²) in [5.74, 6) is -2.19. The predicted molar refractivity (Wildman–Crippen MR) is 111 cm³/mol. The molecule has 0 unspecified atom stereocenters. The fourth-order valence-electron chi connectivity index (χ4n) is 3.84. The van der Waals surface area contributed by atoms with Crippen molar-refractivity contribution in [2.24, 2.45) is 5.92 Å². The minimum absolute atomic E-state index is 0.0157. The molecule has 1 saturated carbocycles. The van der Waals surface area contributed by atoms with Crippen LogP contribution in [0.15, 0.2) is 43.0 Å². The van der Waals surface area contributed by atoms with Crippen molar-refractivity contribution < 1.29 is 32.6 Å². The number of aromatic nitrogens is 4. The number of rotatable bonds is 6. The van der Waals surface area contributed by atoms with Crippen LogP contribution in [0.4, 0.5) is 23.4 Å². The number of hydrogen-bond acceptors (Lipinski definition) is 7. The molecule has 1 aliphatic rings. The van der Waals surface area contributed by atoms with Crippen molar-refractivity contribution in [2.75, 3.05) is 5.32 Å². The lowest BCUT2D eigenvalue weighted by Gasteiger charge is -2.19. The van der Waals surface area contributed by atoms with E-state index in [-0.39, 0.29) is 29.2 Å². The first-order valence-corrected chi connectivity index (χ1v) is 10.2. The zero-order valence-corrected chi connectivity index (χ0v) is 17.6. The molecule has 4 atom stereocenters. The van der Waals surface area contributed by atoms with Gasteiger partial charge < -0.3 is 15.5 Å². The summed E-state index contributed by atoms with van der Waals surface area (Å²) in [6, 6.07) is 3.43. The summed E-state index contributed by atoms with van der Waals surface area (Å²) < 4.78 is 53.6. The number of carbonyl (C=O) groups excluding carboxylic acids is 1. The third-order valence-electron chi connectivity index (χ3n) is 5.63. The van der Waals surface area contributed by atoms with Gasteiger partial charge in [-0.05, 0) is 43.0 Å². The van der Waals surface area contributed by atoms with Crippen LogP contribution in [0.25, 0.3) is 0 Å². The third kappa shape index (κ3) is 4.77. The molecule has 2 heterocycles. The van der Waals surface area contributed by atoms with Gasteiger partial charge in [-0.25, -0.2) is 14.4 Å². The fourth-order valence-corrected chi connectivity index (χ4v) is 3.84. The maximum atomic E-state index is 13.5. The maximum absolute atomic E-state index is 13.5. The number of aliphatic hydroxyl groups is 2. The highest BCUT2D eigenvalue weighted by atomic mass is 19.4. The van der Waals surface area contributed by atoms with Crippen LogP contribution < -0.4 is 5.32 Å². The molecule has 3 N–H and O–H groups in total. The Labute approximate surface area is 191 Å². The van der Waals surface area contributed by atoms with Gasteiger partial charge in [-0.2, -0.15) is 18.3 Å². The molecule has 0 amide bonds. The van der Waals surface area contributed by atoms with E-state index >= 15 is 0 Å². The summed E-state index contributed by atoms with van der Waals surface area (Å²) in [6.45, 7) is 3.66. The molecule has 12 heteroatoms. The van der Waals surface area contributed by atoms with Crippen LogP contribution in [0.1, 0.15) is 33.6 Å². The normalized spacial score (nSPS) is 22.7. The molecule has 0 saturated heterocycles. The molecule has 1 aliphatic carbocycles. The number of ketones is 1. The van der Waals surface area contributed by atoms with E-state index < -0.39 is 47.5 Å². The second-order valence-corrected chi connectivity index (χ2v) is 8.05. The van der Waals surface area contributed by atoms with Crippen LogP contribution in [0.5, 0.6) is 0 Å². The van der Waals surface area contributed by atoms with Crippen molar-refractivity contribution in [1.82, 2.24) is 19.7 Å². The Balaban J connectivity index is 1.53. The van der Waals surface area contributed by atoms with Crippen molar-refractivity contribution >= 4 is 11.6 Å². The number of alkyl halides is 3. The van der Waals surface area contributed by atoms with Gasteiger partial charge >= 0.3 is 6.18 Å². The molecule has 34 heavy (non-hydrogen) atoms. The number of nitrogens with zero attached hydrogens (tertiary/aromatic N) is 4. The maximum Gasteiger partial charge on any atom is 0.419 e. The summed E-state index contributed by atoms with van der Waals surface area (Å²) in [5, 5.41) is 27.2. The average molecular weight is 478 g/mol. The molecule has 3 aromatic rings. The third-order valence-corrected chi connectivity index (χ3v) is 5.63. The van der Waals surface area contributed by atoms with Crippen LogP contribution in [0.3, 0.4) is 0 Å². The van der Waals surface area contributed by atoms with E-state index in [0.717, 1.165) is 6.07 Å². The first-order valence-electron chi connectivity index (χ1n) is 10.2. The summed E-state index contributed by atoms with van der Waals surface area (Å²) >= 11 is 0. The summed E-state index contributed by atoms with van der Waals surface area (Å²) in [5.41, 5.74) is -1.19. The molecule has 179 valence electrons. The van der Waals surface area contributed by atoms with Crippen LogP contribution in [0, 0.1) is 18.7 Å². The van der Waals surface area contributed by atoms with Crippen molar-refractivity contribution in [2.45, 2.75) is 37.4 Å². The first kappa shape index (κ1) is 23.8. The molecule has 8 nitrogen and oxygen atoms in total. The second-order valence-electron chi connectivity index (χ2n) is 8.05. The zero-order valence-electron chi connectivity index (χ0n) is 17.6. The minimum atomic E-state index is -4.83. The lowest BCUT2D eigenvalue weighted by molar-refractivity contribution is -0.140. The van der Waals surface area contributed by atoms with Gasteiger partial charge in [-0.15, -0.1) is 0 Å². The number of nitrogens with one attached hydrogen (secondary N) is 1. The molecule has 1 fully saturated rings. The Bertz CT molecular complexity index is 1200.